The van der Waals surface area contributed by atoms with E-state index in [1.54, 1.807) is 12.4 Å². The fraction of sp³-hybridized carbons (Fsp3) is 0.312. The van der Waals surface area contributed by atoms with Gasteiger partial charge < -0.3 is 5.32 Å². The van der Waals surface area contributed by atoms with Gasteiger partial charge in [-0.05, 0) is 50.1 Å². The third-order valence-corrected chi connectivity index (χ3v) is 3.77. The van der Waals surface area contributed by atoms with Gasteiger partial charge in [0.1, 0.15) is 0 Å². The molecule has 1 heterocycles. The second-order valence-corrected chi connectivity index (χ2v) is 5.28. The number of nitrogens with one attached hydrogen (secondary N) is 1. The summed E-state index contributed by atoms with van der Waals surface area (Å²) in [4.78, 5) is 4.04. The number of rotatable bonds is 4. The van der Waals surface area contributed by atoms with Gasteiger partial charge in [-0.3, -0.25) is 4.98 Å². The second-order valence-electron chi connectivity index (χ2n) is 4.87. The minimum absolute atomic E-state index is 0.205. The zero-order valence-electron chi connectivity index (χ0n) is 11.6. The Morgan fingerprint density at radius 1 is 1.26 bits per heavy atom. The molecule has 0 spiro atoms. The Bertz CT molecular complexity index is 566. The largest absolute Gasteiger partial charge is 0.313 e. The van der Waals surface area contributed by atoms with E-state index in [0.717, 1.165) is 12.0 Å². The molecule has 0 saturated heterocycles. The number of halogens is 1. The molecule has 0 fully saturated rings. The van der Waals surface area contributed by atoms with Crippen LogP contribution in [0.3, 0.4) is 0 Å². The van der Waals surface area contributed by atoms with E-state index < -0.39 is 0 Å². The first-order chi connectivity index (χ1) is 9.11. The maximum absolute atomic E-state index is 6.23. The highest BCUT2D eigenvalue weighted by molar-refractivity contribution is 6.31. The lowest BCUT2D eigenvalue weighted by Gasteiger charge is -2.19. The molecule has 0 aliphatic heterocycles. The molecule has 1 aromatic heterocycles. The maximum atomic E-state index is 6.23. The Balaban J connectivity index is 2.29. The molecule has 3 heteroatoms. The summed E-state index contributed by atoms with van der Waals surface area (Å²) in [7, 11) is 1.96. The molecule has 19 heavy (non-hydrogen) atoms. The summed E-state index contributed by atoms with van der Waals surface area (Å²) in [6.07, 6.45) is 4.41. The molecule has 0 saturated carbocycles. The molecule has 0 aliphatic carbocycles. The summed E-state index contributed by atoms with van der Waals surface area (Å²) in [6.45, 7) is 4.27. The molecule has 0 bridgehead atoms. The van der Waals surface area contributed by atoms with E-state index in [4.69, 9.17) is 11.6 Å². The number of pyridine rings is 1. The quantitative estimate of drug-likeness (QED) is 0.916. The number of hydrogen-bond donors (Lipinski definition) is 1. The summed E-state index contributed by atoms with van der Waals surface area (Å²) in [5.41, 5.74) is 5.06. The van der Waals surface area contributed by atoms with Crippen molar-refractivity contribution in [2.45, 2.75) is 26.3 Å². The lowest BCUT2D eigenvalue weighted by molar-refractivity contribution is 0.590. The zero-order chi connectivity index (χ0) is 13.8. The van der Waals surface area contributed by atoms with Gasteiger partial charge in [0.05, 0.1) is 5.02 Å². The van der Waals surface area contributed by atoms with Crippen molar-refractivity contribution in [1.82, 2.24) is 10.3 Å². The van der Waals surface area contributed by atoms with Crippen molar-refractivity contribution in [2.75, 3.05) is 7.05 Å². The molecular formula is C16H19ClN2. The molecule has 1 N–H and O–H groups in total. The molecule has 1 aromatic carbocycles. The lowest BCUT2D eigenvalue weighted by Crippen LogP contribution is -2.19. The van der Waals surface area contributed by atoms with Crippen LogP contribution in [0, 0.1) is 13.8 Å². The van der Waals surface area contributed by atoms with Gasteiger partial charge in [-0.2, -0.15) is 0 Å². The maximum Gasteiger partial charge on any atom is 0.0637 e. The van der Waals surface area contributed by atoms with E-state index in [-0.39, 0.29) is 6.04 Å². The van der Waals surface area contributed by atoms with Crippen LogP contribution in [0.15, 0.2) is 36.7 Å². The van der Waals surface area contributed by atoms with E-state index in [2.05, 4.69) is 42.3 Å². The summed E-state index contributed by atoms with van der Waals surface area (Å²) < 4.78 is 0. The topological polar surface area (TPSA) is 24.9 Å². The highest BCUT2D eigenvalue weighted by Crippen LogP contribution is 2.26. The number of aryl methyl sites for hydroxylation is 2. The van der Waals surface area contributed by atoms with Crippen molar-refractivity contribution in [3.05, 3.63) is 63.9 Å². The Kier molecular flexibility index (Phi) is 4.56. The van der Waals surface area contributed by atoms with Gasteiger partial charge in [0, 0.05) is 18.4 Å². The number of hydrogen-bond acceptors (Lipinski definition) is 2. The Morgan fingerprint density at radius 2 is 2.05 bits per heavy atom. The van der Waals surface area contributed by atoms with Gasteiger partial charge in [0.25, 0.3) is 0 Å². The number of nitrogens with zero attached hydrogens (tertiary/aromatic N) is 1. The van der Waals surface area contributed by atoms with Crippen molar-refractivity contribution >= 4 is 11.6 Å². The van der Waals surface area contributed by atoms with Crippen LogP contribution >= 0.6 is 11.6 Å². The van der Waals surface area contributed by atoms with E-state index in [1.165, 1.54) is 16.7 Å². The van der Waals surface area contributed by atoms with Crippen molar-refractivity contribution in [2.24, 2.45) is 0 Å². The van der Waals surface area contributed by atoms with Gasteiger partial charge in [-0.1, -0.05) is 35.4 Å². The average Bonchev–Trinajstić information content (AvgIpc) is 2.41. The minimum Gasteiger partial charge on any atom is -0.313 e. The molecule has 0 amide bonds. The fourth-order valence-electron chi connectivity index (χ4n) is 2.28. The molecule has 2 aromatic rings. The fourth-order valence-corrected chi connectivity index (χ4v) is 2.53. The highest BCUT2D eigenvalue weighted by Gasteiger charge is 2.14. The van der Waals surface area contributed by atoms with Crippen LogP contribution in [0.5, 0.6) is 0 Å². The standard InChI is InChI=1S/C16H19ClN2/c1-11-4-5-12(2)13(8-11)9-16(18-3)14-6-7-19-10-15(14)17/h4-8,10,16,18H,9H2,1-3H3. The van der Waals surface area contributed by atoms with Crippen LogP contribution in [-0.4, -0.2) is 12.0 Å². The second kappa shape index (κ2) is 6.18. The summed E-state index contributed by atoms with van der Waals surface area (Å²) in [6, 6.07) is 8.75. The summed E-state index contributed by atoms with van der Waals surface area (Å²) in [5.74, 6) is 0. The van der Waals surface area contributed by atoms with Gasteiger partial charge >= 0.3 is 0 Å². The lowest BCUT2D eigenvalue weighted by atomic mass is 9.95. The molecule has 2 nitrogen and oxygen atoms in total. The summed E-state index contributed by atoms with van der Waals surface area (Å²) >= 11 is 6.23. The minimum atomic E-state index is 0.205. The first-order valence-corrected chi connectivity index (χ1v) is 6.82. The van der Waals surface area contributed by atoms with Crippen LogP contribution in [0.2, 0.25) is 5.02 Å². The van der Waals surface area contributed by atoms with Crippen LogP contribution < -0.4 is 5.32 Å². The van der Waals surface area contributed by atoms with Gasteiger partial charge in [-0.25, -0.2) is 0 Å². The normalized spacial score (nSPS) is 12.4. The zero-order valence-corrected chi connectivity index (χ0v) is 12.3. The summed E-state index contributed by atoms with van der Waals surface area (Å²) in [5, 5.41) is 4.06. The van der Waals surface area contributed by atoms with Gasteiger partial charge in [-0.15, -0.1) is 0 Å². The third kappa shape index (κ3) is 3.34. The monoisotopic (exact) mass is 274 g/mol. The third-order valence-electron chi connectivity index (χ3n) is 3.46. The Morgan fingerprint density at radius 3 is 2.74 bits per heavy atom. The number of benzene rings is 1. The first-order valence-electron chi connectivity index (χ1n) is 6.44. The SMILES string of the molecule is CNC(Cc1cc(C)ccc1C)c1ccncc1Cl. The van der Waals surface area contributed by atoms with E-state index >= 15 is 0 Å². The van der Waals surface area contributed by atoms with Gasteiger partial charge in [0.2, 0.25) is 0 Å². The van der Waals surface area contributed by atoms with E-state index in [9.17, 15) is 0 Å². The molecule has 1 atom stereocenters. The van der Waals surface area contributed by atoms with Crippen LogP contribution in [-0.2, 0) is 6.42 Å². The van der Waals surface area contributed by atoms with Crippen LogP contribution in [0.1, 0.15) is 28.3 Å². The Hall–Kier alpha value is -1.38. The highest BCUT2D eigenvalue weighted by atomic mass is 35.5. The van der Waals surface area contributed by atoms with Crippen LogP contribution in [0.4, 0.5) is 0 Å². The van der Waals surface area contributed by atoms with Crippen molar-refractivity contribution in [3.8, 4) is 0 Å². The van der Waals surface area contributed by atoms with E-state index in [1.807, 2.05) is 13.1 Å². The Labute approximate surface area is 119 Å². The predicted molar refractivity (Wildman–Crippen MR) is 80.7 cm³/mol. The van der Waals surface area contributed by atoms with Crippen molar-refractivity contribution in [1.29, 1.82) is 0 Å². The molecular weight excluding hydrogens is 256 g/mol. The molecule has 0 aliphatic rings. The van der Waals surface area contributed by atoms with Gasteiger partial charge in [0.15, 0.2) is 0 Å². The molecule has 0 radical (unpaired) electrons. The number of aromatic nitrogens is 1. The molecule has 1 unspecified atom stereocenters. The predicted octanol–water partition coefficient (Wildman–Crippen LogP) is 3.86. The van der Waals surface area contributed by atoms with E-state index in [0.29, 0.717) is 5.02 Å². The smallest absolute Gasteiger partial charge is 0.0637 e. The van der Waals surface area contributed by atoms with Crippen molar-refractivity contribution in [3.63, 3.8) is 0 Å². The van der Waals surface area contributed by atoms with Crippen molar-refractivity contribution < 1.29 is 0 Å². The molecule has 2 rings (SSSR count). The van der Waals surface area contributed by atoms with Crippen LogP contribution in [0.25, 0.3) is 0 Å². The first kappa shape index (κ1) is 14.0. The number of likely N-dealkylation sites (N-methyl/N-ethyl adjacent to an activating group) is 1. The molecule has 100 valence electrons. The average molecular weight is 275 g/mol.